The van der Waals surface area contributed by atoms with Crippen molar-refractivity contribution < 1.29 is 27.1 Å². The minimum absolute atomic E-state index is 0.0708. The largest absolute Gasteiger partial charge is 0.476 e. The Labute approximate surface area is 196 Å². The summed E-state index contributed by atoms with van der Waals surface area (Å²) < 4.78 is 51.1. The number of rotatable bonds is 5. The quantitative estimate of drug-likeness (QED) is 0.351. The van der Waals surface area contributed by atoms with Gasteiger partial charge < -0.3 is 14.5 Å². The van der Waals surface area contributed by atoms with Crippen LogP contribution in [0.1, 0.15) is 11.1 Å². The van der Waals surface area contributed by atoms with Gasteiger partial charge in [0.25, 0.3) is 5.91 Å². The minimum atomic E-state index is -4.65. The average Bonchev–Trinajstić information content (AvgIpc) is 2.79. The van der Waals surface area contributed by atoms with E-state index in [0.29, 0.717) is 16.2 Å². The van der Waals surface area contributed by atoms with E-state index in [1.54, 1.807) is 49.4 Å². The van der Waals surface area contributed by atoms with E-state index < -0.39 is 35.4 Å². The summed E-state index contributed by atoms with van der Waals surface area (Å²) in [5.41, 5.74) is -0.322. The van der Waals surface area contributed by atoms with Crippen molar-refractivity contribution in [2.24, 2.45) is 0 Å². The van der Waals surface area contributed by atoms with Gasteiger partial charge in [-0.3, -0.25) is 9.59 Å². The molecule has 3 aromatic carbocycles. The molecule has 1 amide bonds. The van der Waals surface area contributed by atoms with Crippen molar-refractivity contribution in [2.75, 3.05) is 11.9 Å². The Morgan fingerprint density at radius 3 is 2.47 bits per heavy atom. The van der Waals surface area contributed by atoms with E-state index >= 15 is 0 Å². The second-order valence-electron chi connectivity index (χ2n) is 7.48. The van der Waals surface area contributed by atoms with Crippen LogP contribution in [0.15, 0.2) is 75.9 Å². The van der Waals surface area contributed by atoms with Crippen LogP contribution in [0.5, 0.6) is 5.75 Å². The number of amides is 1. The molecule has 5 nitrogen and oxygen atoms in total. The molecule has 34 heavy (non-hydrogen) atoms. The number of anilines is 1. The molecule has 0 atom stereocenters. The fourth-order valence-corrected chi connectivity index (χ4v) is 3.50. The number of alkyl halides is 3. The number of benzene rings is 3. The predicted molar refractivity (Wildman–Crippen MR) is 123 cm³/mol. The summed E-state index contributed by atoms with van der Waals surface area (Å²) in [4.78, 5) is 25.6. The minimum Gasteiger partial charge on any atom is -0.476 e. The fraction of sp³-hybridized carbons (Fsp3) is 0.120. The molecular weight excluding hydrogens is 471 g/mol. The zero-order valence-corrected chi connectivity index (χ0v) is 18.5. The molecule has 0 spiro atoms. The maximum Gasteiger partial charge on any atom is 0.418 e. The van der Waals surface area contributed by atoms with Gasteiger partial charge in [0.15, 0.2) is 12.4 Å². The van der Waals surface area contributed by atoms with Gasteiger partial charge in [-0.05, 0) is 55.5 Å². The molecule has 0 fully saturated rings. The molecular formula is C25H17ClF3NO4. The molecule has 0 bridgehead atoms. The topological polar surface area (TPSA) is 68.5 Å². The molecule has 1 N–H and O–H groups in total. The highest BCUT2D eigenvalue weighted by molar-refractivity contribution is 6.30. The van der Waals surface area contributed by atoms with Crippen molar-refractivity contribution in [3.05, 3.63) is 93.1 Å². The number of carbonyl (C=O) groups excluding carboxylic acids is 1. The van der Waals surface area contributed by atoms with E-state index in [-0.39, 0.29) is 16.9 Å². The maximum absolute atomic E-state index is 13.2. The molecule has 0 aliphatic carbocycles. The Morgan fingerprint density at radius 1 is 1.06 bits per heavy atom. The Kier molecular flexibility index (Phi) is 6.34. The summed E-state index contributed by atoms with van der Waals surface area (Å²) in [6, 6.07) is 16.1. The third-order valence-corrected chi connectivity index (χ3v) is 5.22. The number of carbonyl (C=O) groups is 1. The number of ether oxygens (including phenoxy) is 1. The molecule has 0 radical (unpaired) electrons. The third kappa shape index (κ3) is 4.92. The zero-order chi connectivity index (χ0) is 24.5. The van der Waals surface area contributed by atoms with E-state index in [0.717, 1.165) is 17.7 Å². The Hall–Kier alpha value is -3.78. The van der Waals surface area contributed by atoms with Crippen LogP contribution >= 0.6 is 11.6 Å². The number of nitrogens with one attached hydrogen (secondary N) is 1. The van der Waals surface area contributed by atoms with Crippen LogP contribution in [-0.2, 0) is 11.0 Å². The lowest BCUT2D eigenvalue weighted by atomic mass is 10.1. The molecule has 4 aromatic rings. The SMILES string of the molecule is Cc1ccc2oc(-c3ccc(Cl)cc3)c(OCC(=O)Nc3ccccc3C(F)(F)F)c(=O)c2c1. The summed E-state index contributed by atoms with van der Waals surface area (Å²) in [6.45, 7) is 1.09. The van der Waals surface area contributed by atoms with Crippen LogP contribution in [-0.4, -0.2) is 12.5 Å². The number of hydrogen-bond donors (Lipinski definition) is 1. The van der Waals surface area contributed by atoms with Crippen molar-refractivity contribution in [3.8, 4) is 17.1 Å². The van der Waals surface area contributed by atoms with E-state index in [1.807, 2.05) is 0 Å². The molecule has 1 aromatic heterocycles. The van der Waals surface area contributed by atoms with Gasteiger partial charge in [0, 0.05) is 10.6 Å². The maximum atomic E-state index is 13.2. The van der Waals surface area contributed by atoms with Gasteiger partial charge in [-0.15, -0.1) is 0 Å². The number of hydrogen-bond acceptors (Lipinski definition) is 4. The molecule has 1 heterocycles. The molecule has 0 unspecified atom stereocenters. The van der Waals surface area contributed by atoms with Crippen molar-refractivity contribution in [3.63, 3.8) is 0 Å². The van der Waals surface area contributed by atoms with Gasteiger partial charge in [-0.1, -0.05) is 35.4 Å². The van der Waals surface area contributed by atoms with Crippen molar-refractivity contribution in [1.82, 2.24) is 0 Å². The summed E-state index contributed by atoms with van der Waals surface area (Å²) in [5, 5.41) is 2.90. The van der Waals surface area contributed by atoms with E-state index in [9.17, 15) is 22.8 Å². The van der Waals surface area contributed by atoms with Gasteiger partial charge in [0.2, 0.25) is 11.2 Å². The van der Waals surface area contributed by atoms with Gasteiger partial charge in [-0.25, -0.2) is 0 Å². The summed E-state index contributed by atoms with van der Waals surface area (Å²) >= 11 is 5.95. The number of halogens is 4. The molecule has 0 aliphatic heterocycles. The lowest BCUT2D eigenvalue weighted by Gasteiger charge is -2.15. The molecule has 0 aliphatic rings. The predicted octanol–water partition coefficient (Wildman–Crippen LogP) is 6.46. The first-order chi connectivity index (χ1) is 16.1. The zero-order valence-electron chi connectivity index (χ0n) is 17.7. The Bertz CT molecular complexity index is 1430. The van der Waals surface area contributed by atoms with Gasteiger partial charge >= 0.3 is 6.18 Å². The highest BCUT2D eigenvalue weighted by Gasteiger charge is 2.33. The van der Waals surface area contributed by atoms with E-state index in [4.69, 9.17) is 20.8 Å². The van der Waals surface area contributed by atoms with Gasteiger partial charge in [0.05, 0.1) is 16.6 Å². The van der Waals surface area contributed by atoms with Crippen LogP contribution in [0.2, 0.25) is 5.02 Å². The lowest BCUT2D eigenvalue weighted by molar-refractivity contribution is -0.137. The number of fused-ring (bicyclic) bond motifs is 1. The van der Waals surface area contributed by atoms with Crippen molar-refractivity contribution in [2.45, 2.75) is 13.1 Å². The highest BCUT2D eigenvalue weighted by atomic mass is 35.5. The van der Waals surface area contributed by atoms with Crippen LogP contribution in [0.4, 0.5) is 18.9 Å². The third-order valence-electron chi connectivity index (χ3n) is 4.96. The molecule has 174 valence electrons. The van der Waals surface area contributed by atoms with Crippen molar-refractivity contribution in [1.29, 1.82) is 0 Å². The monoisotopic (exact) mass is 487 g/mol. The number of aryl methyl sites for hydroxylation is 1. The Balaban J connectivity index is 1.68. The lowest BCUT2D eigenvalue weighted by Crippen LogP contribution is -2.24. The highest BCUT2D eigenvalue weighted by Crippen LogP contribution is 2.35. The van der Waals surface area contributed by atoms with Crippen molar-refractivity contribution >= 4 is 34.2 Å². The summed E-state index contributed by atoms with van der Waals surface area (Å²) in [5.74, 6) is -1.04. The molecule has 9 heteroatoms. The first-order valence-electron chi connectivity index (χ1n) is 10.1. The molecule has 0 saturated carbocycles. The smallest absolute Gasteiger partial charge is 0.418 e. The van der Waals surface area contributed by atoms with Crippen LogP contribution in [0.3, 0.4) is 0 Å². The molecule has 4 rings (SSSR count). The van der Waals surface area contributed by atoms with E-state index in [1.165, 1.54) is 12.1 Å². The van der Waals surface area contributed by atoms with Crippen LogP contribution in [0.25, 0.3) is 22.3 Å². The summed E-state index contributed by atoms with van der Waals surface area (Å²) in [7, 11) is 0. The summed E-state index contributed by atoms with van der Waals surface area (Å²) in [6.07, 6.45) is -4.65. The second kappa shape index (κ2) is 9.23. The first-order valence-corrected chi connectivity index (χ1v) is 10.4. The van der Waals surface area contributed by atoms with Gasteiger partial charge in [-0.2, -0.15) is 13.2 Å². The van der Waals surface area contributed by atoms with E-state index in [2.05, 4.69) is 5.32 Å². The second-order valence-corrected chi connectivity index (χ2v) is 7.91. The standard InChI is InChI=1S/C25H17ClF3NO4/c1-14-6-11-20-17(12-14)22(32)24(23(34-20)15-7-9-16(26)10-8-15)33-13-21(31)30-19-5-3-2-4-18(19)25(27,28)29/h2-12H,13H2,1H3,(H,30,31). The average molecular weight is 488 g/mol. The van der Waals surface area contributed by atoms with Crippen LogP contribution < -0.4 is 15.5 Å². The molecule has 0 saturated heterocycles. The number of para-hydroxylation sites is 1. The fourth-order valence-electron chi connectivity index (χ4n) is 3.38. The normalized spacial score (nSPS) is 11.4. The van der Waals surface area contributed by atoms with Crippen LogP contribution in [0, 0.1) is 6.92 Å². The Morgan fingerprint density at radius 2 is 1.76 bits per heavy atom. The van der Waals surface area contributed by atoms with Gasteiger partial charge in [0.1, 0.15) is 5.58 Å². The first kappa shape index (κ1) is 23.4.